The van der Waals surface area contributed by atoms with E-state index in [1.54, 1.807) is 0 Å². The average Bonchev–Trinajstić information content (AvgIpc) is 2.73. The molecule has 4 aliphatic carbocycles. The normalized spacial score (nSPS) is 30.1. The minimum atomic E-state index is -1.02. The van der Waals surface area contributed by atoms with E-state index in [9.17, 15) is 14.7 Å². The molecule has 1 amide bonds. The van der Waals surface area contributed by atoms with Crippen LogP contribution in [0.4, 0.5) is 0 Å². The summed E-state index contributed by atoms with van der Waals surface area (Å²) in [6, 6.07) is 16.5. The molecule has 0 aromatic heterocycles. The first kappa shape index (κ1) is 19.3. The van der Waals surface area contributed by atoms with Crippen molar-refractivity contribution in [1.29, 1.82) is 0 Å². The summed E-state index contributed by atoms with van der Waals surface area (Å²) in [5.74, 6) is 1.31. The highest BCUT2D eigenvalue weighted by molar-refractivity contribution is 5.96. The number of carbonyl (C=O) groups is 2. The maximum Gasteiger partial charge on any atom is 0.326 e. The summed E-state index contributed by atoms with van der Waals surface area (Å²) in [5, 5.41) is 12.3. The Morgan fingerprint density at radius 3 is 2.00 bits per heavy atom. The molecular formula is C26H29NO3. The van der Waals surface area contributed by atoms with E-state index in [1.165, 1.54) is 44.1 Å². The number of hydrogen-bond donors (Lipinski definition) is 2. The predicted molar refractivity (Wildman–Crippen MR) is 115 cm³/mol. The van der Waals surface area contributed by atoms with E-state index >= 15 is 0 Å². The Hall–Kier alpha value is -2.62. The molecule has 0 saturated heterocycles. The van der Waals surface area contributed by atoms with E-state index in [4.69, 9.17) is 0 Å². The number of amides is 1. The van der Waals surface area contributed by atoms with Gasteiger partial charge in [0.25, 0.3) is 5.91 Å². The third-order valence-corrected chi connectivity index (χ3v) is 7.68. The average molecular weight is 404 g/mol. The zero-order valence-electron chi connectivity index (χ0n) is 17.2. The van der Waals surface area contributed by atoms with Gasteiger partial charge in [-0.2, -0.15) is 0 Å². The monoisotopic (exact) mass is 403 g/mol. The third-order valence-electron chi connectivity index (χ3n) is 7.68. The molecule has 0 spiro atoms. The van der Waals surface area contributed by atoms with Crippen LogP contribution in [0.1, 0.15) is 60.0 Å². The van der Waals surface area contributed by atoms with Crippen LogP contribution in [-0.4, -0.2) is 23.0 Å². The van der Waals surface area contributed by atoms with Crippen LogP contribution in [0.2, 0.25) is 0 Å². The third kappa shape index (κ3) is 3.64. The van der Waals surface area contributed by atoms with Crippen LogP contribution in [-0.2, 0) is 16.6 Å². The van der Waals surface area contributed by atoms with Gasteiger partial charge >= 0.3 is 5.97 Å². The quantitative estimate of drug-likeness (QED) is 0.742. The van der Waals surface area contributed by atoms with Crippen LogP contribution in [0, 0.1) is 17.8 Å². The molecule has 4 bridgehead atoms. The van der Waals surface area contributed by atoms with Crippen molar-refractivity contribution in [3.63, 3.8) is 0 Å². The Kier molecular flexibility index (Phi) is 4.88. The molecule has 4 nitrogen and oxygen atoms in total. The first-order chi connectivity index (χ1) is 14.5. The zero-order valence-corrected chi connectivity index (χ0v) is 17.2. The van der Waals surface area contributed by atoms with E-state index in [0.29, 0.717) is 11.0 Å². The molecular weight excluding hydrogens is 374 g/mol. The highest BCUT2D eigenvalue weighted by Crippen LogP contribution is 2.60. The van der Waals surface area contributed by atoms with E-state index in [0.717, 1.165) is 23.3 Å². The summed E-state index contributed by atoms with van der Waals surface area (Å²) < 4.78 is 0. The van der Waals surface area contributed by atoms with Gasteiger partial charge in [0.2, 0.25) is 0 Å². The standard InChI is InChI=1S/C26H29NO3/c28-24(27-23(25(29)30)13-17-4-2-1-3-5-17)21-6-8-22(9-7-21)26-14-18-10-19(15-26)12-20(11-18)16-26/h1-9,18-20,23H,10-16H2,(H,27,28)(H,29,30)/t18?,19?,20?,23-,26?/m1/s1. The molecule has 4 aliphatic rings. The molecule has 1 atom stereocenters. The summed E-state index contributed by atoms with van der Waals surface area (Å²) >= 11 is 0. The van der Waals surface area contributed by atoms with Gasteiger partial charge in [-0.3, -0.25) is 4.79 Å². The van der Waals surface area contributed by atoms with Gasteiger partial charge in [0, 0.05) is 12.0 Å². The lowest BCUT2D eigenvalue weighted by Crippen LogP contribution is -2.48. The largest absolute Gasteiger partial charge is 0.480 e. The van der Waals surface area contributed by atoms with Crippen molar-refractivity contribution >= 4 is 11.9 Å². The van der Waals surface area contributed by atoms with Crippen molar-refractivity contribution in [2.45, 2.75) is 56.4 Å². The topological polar surface area (TPSA) is 66.4 Å². The summed E-state index contributed by atoms with van der Waals surface area (Å²) in [6.45, 7) is 0. The number of carboxylic acid groups (broad SMARTS) is 1. The Labute approximate surface area is 177 Å². The highest BCUT2D eigenvalue weighted by atomic mass is 16.4. The van der Waals surface area contributed by atoms with Gasteiger partial charge in [-0.1, -0.05) is 42.5 Å². The molecule has 0 aliphatic heterocycles. The summed E-state index contributed by atoms with van der Waals surface area (Å²) in [5.41, 5.74) is 3.10. The van der Waals surface area contributed by atoms with Crippen molar-refractivity contribution < 1.29 is 14.7 Å². The molecule has 2 N–H and O–H groups in total. The van der Waals surface area contributed by atoms with Crippen molar-refractivity contribution in [2.75, 3.05) is 0 Å². The van der Waals surface area contributed by atoms with Gasteiger partial charge < -0.3 is 10.4 Å². The molecule has 0 radical (unpaired) electrons. The van der Waals surface area contributed by atoms with Crippen molar-refractivity contribution in [2.24, 2.45) is 17.8 Å². The number of carboxylic acids is 1. The minimum Gasteiger partial charge on any atom is -0.480 e. The first-order valence-corrected chi connectivity index (χ1v) is 11.2. The molecule has 2 aromatic rings. The van der Waals surface area contributed by atoms with Crippen LogP contribution in [0.5, 0.6) is 0 Å². The first-order valence-electron chi connectivity index (χ1n) is 11.2. The molecule has 156 valence electrons. The number of aliphatic carboxylic acids is 1. The zero-order chi connectivity index (χ0) is 20.7. The van der Waals surface area contributed by atoms with Gasteiger partial charge in [0.1, 0.15) is 6.04 Å². The van der Waals surface area contributed by atoms with Gasteiger partial charge in [-0.25, -0.2) is 4.79 Å². The SMILES string of the molecule is O=C(N[C@H](Cc1ccccc1)C(=O)O)c1ccc(C23CC4CC(CC(C4)C2)C3)cc1. The molecule has 4 saturated carbocycles. The van der Waals surface area contributed by atoms with Crippen molar-refractivity contribution in [1.82, 2.24) is 5.32 Å². The number of nitrogens with one attached hydrogen (secondary N) is 1. The Bertz CT molecular complexity index is 899. The summed E-state index contributed by atoms with van der Waals surface area (Å²) in [6.07, 6.45) is 8.40. The van der Waals surface area contributed by atoms with Gasteiger partial charge in [-0.05, 0) is 85.0 Å². The Balaban J connectivity index is 1.29. The maximum absolute atomic E-state index is 12.7. The Morgan fingerprint density at radius 1 is 0.900 bits per heavy atom. The van der Waals surface area contributed by atoms with Gasteiger partial charge in [-0.15, -0.1) is 0 Å². The lowest BCUT2D eigenvalue weighted by Gasteiger charge is -2.57. The fourth-order valence-electron chi connectivity index (χ4n) is 6.73. The smallest absolute Gasteiger partial charge is 0.326 e. The van der Waals surface area contributed by atoms with E-state index in [2.05, 4.69) is 17.4 Å². The lowest BCUT2D eigenvalue weighted by atomic mass is 9.48. The molecule has 0 unspecified atom stereocenters. The molecule has 0 heterocycles. The van der Waals surface area contributed by atoms with Gasteiger partial charge in [0.15, 0.2) is 0 Å². The van der Waals surface area contributed by atoms with Crippen LogP contribution in [0.3, 0.4) is 0 Å². The van der Waals surface area contributed by atoms with Crippen molar-refractivity contribution in [3.8, 4) is 0 Å². The molecule has 2 aromatic carbocycles. The summed E-state index contributed by atoms with van der Waals surface area (Å²) in [4.78, 5) is 24.4. The van der Waals surface area contributed by atoms with Crippen LogP contribution in [0.15, 0.2) is 54.6 Å². The number of carbonyl (C=O) groups excluding carboxylic acids is 1. The van der Waals surface area contributed by atoms with Gasteiger partial charge in [0.05, 0.1) is 0 Å². The van der Waals surface area contributed by atoms with E-state index < -0.39 is 12.0 Å². The number of hydrogen-bond acceptors (Lipinski definition) is 2. The van der Waals surface area contributed by atoms with Crippen LogP contribution >= 0.6 is 0 Å². The van der Waals surface area contributed by atoms with E-state index in [-0.39, 0.29) is 12.3 Å². The highest BCUT2D eigenvalue weighted by Gasteiger charge is 2.51. The maximum atomic E-state index is 12.7. The van der Waals surface area contributed by atoms with Crippen LogP contribution < -0.4 is 5.32 Å². The second-order valence-electron chi connectivity index (χ2n) is 9.83. The molecule has 6 rings (SSSR count). The second-order valence-corrected chi connectivity index (χ2v) is 9.83. The molecule has 4 heteroatoms. The van der Waals surface area contributed by atoms with E-state index in [1.807, 2.05) is 42.5 Å². The fraction of sp³-hybridized carbons (Fsp3) is 0.462. The predicted octanol–water partition coefficient (Wildman–Crippen LogP) is 4.58. The molecule has 30 heavy (non-hydrogen) atoms. The molecule has 4 fully saturated rings. The lowest BCUT2D eigenvalue weighted by molar-refractivity contribution is -0.139. The minimum absolute atomic E-state index is 0.271. The second kappa shape index (κ2) is 7.57. The number of benzene rings is 2. The summed E-state index contributed by atoms with van der Waals surface area (Å²) in [7, 11) is 0. The Morgan fingerprint density at radius 2 is 1.47 bits per heavy atom. The van der Waals surface area contributed by atoms with Crippen molar-refractivity contribution in [3.05, 3.63) is 71.3 Å². The number of rotatable bonds is 6. The fourth-order valence-corrected chi connectivity index (χ4v) is 6.73. The van der Waals surface area contributed by atoms with Crippen LogP contribution in [0.25, 0.3) is 0 Å².